The first-order valence-corrected chi connectivity index (χ1v) is 6.59. The Morgan fingerprint density at radius 1 is 1.30 bits per heavy atom. The molecule has 110 valence electrons. The lowest BCUT2D eigenvalue weighted by molar-refractivity contribution is -0.148. The van der Waals surface area contributed by atoms with Crippen molar-refractivity contribution in [2.45, 2.75) is 19.8 Å². The van der Waals surface area contributed by atoms with Crippen molar-refractivity contribution in [3.8, 4) is 5.75 Å². The molecule has 5 nitrogen and oxygen atoms in total. The summed E-state index contributed by atoms with van der Waals surface area (Å²) in [4.78, 5) is 24.6. The molecule has 0 fully saturated rings. The molecular weight excluding hydrogens is 258 g/mol. The standard InChI is InChI=1S/C15H21NO4/c1-4-20-15(18)11-16(2)14(17)9-8-12-6-5-7-13(10-12)19-3/h5-7,10H,4,8-9,11H2,1-3H3. The zero-order valence-electron chi connectivity index (χ0n) is 12.2. The summed E-state index contributed by atoms with van der Waals surface area (Å²) >= 11 is 0. The summed E-state index contributed by atoms with van der Waals surface area (Å²) in [6.07, 6.45) is 0.965. The molecule has 1 rings (SSSR count). The van der Waals surface area contributed by atoms with Gasteiger partial charge in [-0.1, -0.05) is 12.1 Å². The largest absolute Gasteiger partial charge is 0.497 e. The number of likely N-dealkylation sites (N-methyl/N-ethyl adjacent to an activating group) is 1. The van der Waals surface area contributed by atoms with E-state index in [1.807, 2.05) is 24.3 Å². The molecule has 0 heterocycles. The van der Waals surface area contributed by atoms with Crippen LogP contribution in [0.5, 0.6) is 5.75 Å². The molecule has 0 spiro atoms. The van der Waals surface area contributed by atoms with Gasteiger partial charge in [0, 0.05) is 13.5 Å². The Bertz CT molecular complexity index is 459. The molecule has 0 aromatic heterocycles. The van der Waals surface area contributed by atoms with Crippen LogP contribution < -0.4 is 4.74 Å². The molecule has 0 saturated heterocycles. The van der Waals surface area contributed by atoms with E-state index in [9.17, 15) is 9.59 Å². The number of rotatable bonds is 7. The van der Waals surface area contributed by atoms with Gasteiger partial charge in [0.25, 0.3) is 0 Å². The van der Waals surface area contributed by atoms with Crippen LogP contribution >= 0.6 is 0 Å². The molecule has 5 heteroatoms. The fourth-order valence-electron chi connectivity index (χ4n) is 1.76. The SMILES string of the molecule is CCOC(=O)CN(C)C(=O)CCc1cccc(OC)c1. The number of benzene rings is 1. The van der Waals surface area contributed by atoms with Gasteiger partial charge in [0.05, 0.1) is 13.7 Å². The highest BCUT2D eigenvalue weighted by Crippen LogP contribution is 2.14. The number of nitrogens with zero attached hydrogens (tertiary/aromatic N) is 1. The molecule has 0 N–H and O–H groups in total. The molecule has 0 bridgehead atoms. The second-order valence-electron chi connectivity index (χ2n) is 4.41. The topological polar surface area (TPSA) is 55.8 Å². The number of ether oxygens (including phenoxy) is 2. The zero-order valence-corrected chi connectivity index (χ0v) is 12.2. The number of hydrogen-bond acceptors (Lipinski definition) is 4. The van der Waals surface area contributed by atoms with Crippen LogP contribution in [0.15, 0.2) is 24.3 Å². The van der Waals surface area contributed by atoms with Crippen molar-refractivity contribution in [1.82, 2.24) is 4.90 Å². The number of hydrogen-bond donors (Lipinski definition) is 0. The Hall–Kier alpha value is -2.04. The smallest absolute Gasteiger partial charge is 0.325 e. The van der Waals surface area contributed by atoms with Crippen molar-refractivity contribution in [3.63, 3.8) is 0 Å². The predicted octanol–water partition coefficient (Wildman–Crippen LogP) is 1.65. The lowest BCUT2D eigenvalue weighted by Crippen LogP contribution is -2.33. The average molecular weight is 279 g/mol. The normalized spacial score (nSPS) is 9.95. The Morgan fingerprint density at radius 3 is 2.70 bits per heavy atom. The van der Waals surface area contributed by atoms with Crippen molar-refractivity contribution >= 4 is 11.9 Å². The first-order valence-electron chi connectivity index (χ1n) is 6.59. The number of amides is 1. The number of aryl methyl sites for hydroxylation is 1. The lowest BCUT2D eigenvalue weighted by Gasteiger charge is -2.16. The molecular formula is C15H21NO4. The van der Waals surface area contributed by atoms with Crippen molar-refractivity contribution in [2.75, 3.05) is 27.3 Å². The maximum Gasteiger partial charge on any atom is 0.325 e. The quantitative estimate of drug-likeness (QED) is 0.712. The van der Waals surface area contributed by atoms with Crippen LogP contribution in [-0.2, 0) is 20.7 Å². The van der Waals surface area contributed by atoms with Gasteiger partial charge in [-0.15, -0.1) is 0 Å². The fourth-order valence-corrected chi connectivity index (χ4v) is 1.76. The second kappa shape index (κ2) is 8.19. The van der Waals surface area contributed by atoms with Crippen LogP contribution in [0.4, 0.5) is 0 Å². The summed E-state index contributed by atoms with van der Waals surface area (Å²) in [5, 5.41) is 0. The van der Waals surface area contributed by atoms with Crippen LogP contribution in [-0.4, -0.2) is 44.1 Å². The van der Waals surface area contributed by atoms with E-state index >= 15 is 0 Å². The molecule has 0 aliphatic rings. The van der Waals surface area contributed by atoms with E-state index in [0.29, 0.717) is 19.4 Å². The van der Waals surface area contributed by atoms with Crippen LogP contribution in [0, 0.1) is 0 Å². The number of carbonyl (C=O) groups is 2. The van der Waals surface area contributed by atoms with E-state index in [1.54, 1.807) is 21.1 Å². The third kappa shape index (κ3) is 5.30. The first-order chi connectivity index (χ1) is 9.56. The Balaban J connectivity index is 2.43. The van der Waals surface area contributed by atoms with Crippen LogP contribution in [0.3, 0.4) is 0 Å². The van der Waals surface area contributed by atoms with E-state index in [0.717, 1.165) is 11.3 Å². The molecule has 1 aromatic rings. The summed E-state index contributed by atoms with van der Waals surface area (Å²) in [6, 6.07) is 7.60. The molecule has 0 unspecified atom stereocenters. The van der Waals surface area contributed by atoms with Crippen molar-refractivity contribution in [3.05, 3.63) is 29.8 Å². The zero-order chi connectivity index (χ0) is 15.0. The van der Waals surface area contributed by atoms with Crippen molar-refractivity contribution in [2.24, 2.45) is 0 Å². The Morgan fingerprint density at radius 2 is 2.05 bits per heavy atom. The number of methoxy groups -OCH3 is 1. The lowest BCUT2D eigenvalue weighted by atomic mass is 10.1. The van der Waals surface area contributed by atoms with E-state index < -0.39 is 0 Å². The highest BCUT2D eigenvalue weighted by Gasteiger charge is 2.13. The summed E-state index contributed by atoms with van der Waals surface area (Å²) in [6.45, 7) is 2.05. The molecule has 20 heavy (non-hydrogen) atoms. The molecule has 0 aliphatic carbocycles. The summed E-state index contributed by atoms with van der Waals surface area (Å²) in [5.74, 6) is 0.306. The number of esters is 1. The number of carbonyl (C=O) groups excluding carboxylic acids is 2. The minimum Gasteiger partial charge on any atom is -0.497 e. The highest BCUT2D eigenvalue weighted by atomic mass is 16.5. The second-order valence-corrected chi connectivity index (χ2v) is 4.41. The molecule has 0 saturated carbocycles. The predicted molar refractivity (Wildman–Crippen MR) is 75.6 cm³/mol. The van der Waals surface area contributed by atoms with Gasteiger partial charge in [-0.25, -0.2) is 0 Å². The van der Waals surface area contributed by atoms with E-state index in [2.05, 4.69) is 0 Å². The average Bonchev–Trinajstić information content (AvgIpc) is 2.45. The van der Waals surface area contributed by atoms with Crippen LogP contribution in [0.2, 0.25) is 0 Å². The summed E-state index contributed by atoms with van der Waals surface area (Å²) in [5.41, 5.74) is 1.03. The van der Waals surface area contributed by atoms with Crippen LogP contribution in [0.1, 0.15) is 18.9 Å². The van der Waals surface area contributed by atoms with Gasteiger partial charge in [0.1, 0.15) is 12.3 Å². The highest BCUT2D eigenvalue weighted by molar-refractivity contribution is 5.81. The maximum absolute atomic E-state index is 11.9. The van der Waals surface area contributed by atoms with E-state index in [1.165, 1.54) is 4.90 Å². The monoisotopic (exact) mass is 279 g/mol. The summed E-state index contributed by atoms with van der Waals surface area (Å²) < 4.78 is 9.94. The van der Waals surface area contributed by atoms with E-state index in [4.69, 9.17) is 9.47 Å². The minimum absolute atomic E-state index is 0.00914. The van der Waals surface area contributed by atoms with Gasteiger partial charge >= 0.3 is 5.97 Å². The van der Waals surface area contributed by atoms with Crippen LogP contribution in [0.25, 0.3) is 0 Å². The Kier molecular flexibility index (Phi) is 6.56. The van der Waals surface area contributed by atoms with Gasteiger partial charge < -0.3 is 14.4 Å². The van der Waals surface area contributed by atoms with Gasteiger partial charge in [0.2, 0.25) is 5.91 Å². The van der Waals surface area contributed by atoms with Gasteiger partial charge in [0.15, 0.2) is 0 Å². The third-order valence-electron chi connectivity index (χ3n) is 2.86. The molecule has 1 aromatic carbocycles. The first kappa shape index (κ1) is 16.0. The minimum atomic E-state index is -0.385. The molecule has 1 amide bonds. The fraction of sp³-hybridized carbons (Fsp3) is 0.467. The third-order valence-corrected chi connectivity index (χ3v) is 2.86. The maximum atomic E-state index is 11.9. The van der Waals surface area contributed by atoms with Crippen molar-refractivity contribution in [1.29, 1.82) is 0 Å². The van der Waals surface area contributed by atoms with E-state index in [-0.39, 0.29) is 18.4 Å². The van der Waals surface area contributed by atoms with Crippen molar-refractivity contribution < 1.29 is 19.1 Å². The van der Waals surface area contributed by atoms with Gasteiger partial charge in [-0.05, 0) is 31.0 Å². The van der Waals surface area contributed by atoms with Gasteiger partial charge in [-0.3, -0.25) is 9.59 Å². The summed E-state index contributed by atoms with van der Waals surface area (Å²) in [7, 11) is 3.21. The van der Waals surface area contributed by atoms with Gasteiger partial charge in [-0.2, -0.15) is 0 Å². The molecule has 0 atom stereocenters. The molecule has 0 aliphatic heterocycles. The molecule has 0 radical (unpaired) electrons. The Labute approximate surface area is 119 Å².